The van der Waals surface area contributed by atoms with Gasteiger partial charge in [0.1, 0.15) is 11.5 Å². The Morgan fingerprint density at radius 3 is 2.07 bits per heavy atom. The monoisotopic (exact) mass is 192 g/mol. The summed E-state index contributed by atoms with van der Waals surface area (Å²) >= 11 is 0. The molecule has 0 spiro atoms. The van der Waals surface area contributed by atoms with Crippen LogP contribution in [-0.2, 0) is 6.42 Å². The van der Waals surface area contributed by atoms with E-state index >= 15 is 0 Å². The Morgan fingerprint density at radius 1 is 1.21 bits per heavy atom. The van der Waals surface area contributed by atoms with E-state index in [0.717, 1.165) is 29.0 Å². The third-order valence-electron chi connectivity index (χ3n) is 2.10. The number of methoxy groups -OCH3 is 2. The maximum absolute atomic E-state index is 5.29. The van der Waals surface area contributed by atoms with Crippen LogP contribution < -0.4 is 9.47 Å². The van der Waals surface area contributed by atoms with E-state index in [0.29, 0.717) is 0 Å². The minimum absolute atomic E-state index is 0.757. The summed E-state index contributed by atoms with van der Waals surface area (Å²) in [6, 6.07) is 4.00. The minimum atomic E-state index is 0.757. The first-order valence-electron chi connectivity index (χ1n) is 4.55. The van der Waals surface area contributed by atoms with Gasteiger partial charge in [-0.15, -0.1) is 6.58 Å². The SMILES string of the molecule is C=CCc1c(OC)cc(C)cc1OC. The van der Waals surface area contributed by atoms with Gasteiger partial charge >= 0.3 is 0 Å². The Hall–Kier alpha value is -1.44. The molecular formula is C12H16O2. The molecule has 76 valence electrons. The quantitative estimate of drug-likeness (QED) is 0.683. The number of allylic oxidation sites excluding steroid dienone is 1. The molecule has 0 aliphatic carbocycles. The van der Waals surface area contributed by atoms with Crippen molar-refractivity contribution in [2.75, 3.05) is 14.2 Å². The molecule has 2 nitrogen and oxygen atoms in total. The second-order valence-electron chi connectivity index (χ2n) is 3.14. The Morgan fingerprint density at radius 2 is 1.71 bits per heavy atom. The van der Waals surface area contributed by atoms with E-state index in [-0.39, 0.29) is 0 Å². The van der Waals surface area contributed by atoms with Crippen LogP contribution in [0.1, 0.15) is 11.1 Å². The molecule has 0 saturated heterocycles. The van der Waals surface area contributed by atoms with Crippen LogP contribution in [0.25, 0.3) is 0 Å². The predicted octanol–water partition coefficient (Wildman–Crippen LogP) is 2.74. The van der Waals surface area contributed by atoms with Gasteiger partial charge in [0.05, 0.1) is 14.2 Å². The second kappa shape index (κ2) is 4.70. The maximum Gasteiger partial charge on any atom is 0.126 e. The third-order valence-corrected chi connectivity index (χ3v) is 2.10. The van der Waals surface area contributed by atoms with Gasteiger partial charge in [0.25, 0.3) is 0 Å². The molecule has 0 heterocycles. The molecule has 0 amide bonds. The van der Waals surface area contributed by atoms with Crippen LogP contribution >= 0.6 is 0 Å². The Bertz CT molecular complexity index is 304. The summed E-state index contributed by atoms with van der Waals surface area (Å²) in [6.07, 6.45) is 2.60. The van der Waals surface area contributed by atoms with Gasteiger partial charge in [0.2, 0.25) is 0 Å². The van der Waals surface area contributed by atoms with Crippen LogP contribution in [0.5, 0.6) is 11.5 Å². The average molecular weight is 192 g/mol. The lowest BCUT2D eigenvalue weighted by atomic mass is 10.1. The number of ether oxygens (including phenoxy) is 2. The van der Waals surface area contributed by atoms with Crippen molar-refractivity contribution in [3.05, 3.63) is 35.9 Å². The summed E-state index contributed by atoms with van der Waals surface area (Å²) in [5, 5.41) is 0. The Labute approximate surface area is 85.2 Å². The normalized spacial score (nSPS) is 9.64. The van der Waals surface area contributed by atoms with E-state index in [1.807, 2.05) is 25.1 Å². The summed E-state index contributed by atoms with van der Waals surface area (Å²) in [6.45, 7) is 5.73. The smallest absolute Gasteiger partial charge is 0.126 e. The zero-order valence-corrected chi connectivity index (χ0v) is 8.96. The summed E-state index contributed by atoms with van der Waals surface area (Å²) in [4.78, 5) is 0. The largest absolute Gasteiger partial charge is 0.496 e. The molecule has 14 heavy (non-hydrogen) atoms. The van der Waals surface area contributed by atoms with Crippen LogP contribution in [-0.4, -0.2) is 14.2 Å². The van der Waals surface area contributed by atoms with Crippen molar-refractivity contribution in [2.24, 2.45) is 0 Å². The van der Waals surface area contributed by atoms with Gasteiger partial charge in [0, 0.05) is 5.56 Å². The van der Waals surface area contributed by atoms with Crippen LogP contribution in [0.2, 0.25) is 0 Å². The highest BCUT2D eigenvalue weighted by Gasteiger charge is 2.09. The van der Waals surface area contributed by atoms with Gasteiger partial charge in [-0.3, -0.25) is 0 Å². The fraction of sp³-hybridized carbons (Fsp3) is 0.333. The van der Waals surface area contributed by atoms with E-state index in [1.54, 1.807) is 14.2 Å². The third kappa shape index (κ3) is 2.08. The second-order valence-corrected chi connectivity index (χ2v) is 3.14. The van der Waals surface area contributed by atoms with Crippen molar-refractivity contribution in [2.45, 2.75) is 13.3 Å². The summed E-state index contributed by atoms with van der Waals surface area (Å²) < 4.78 is 10.6. The van der Waals surface area contributed by atoms with Crippen LogP contribution in [0.15, 0.2) is 24.8 Å². The molecule has 0 unspecified atom stereocenters. The van der Waals surface area contributed by atoms with Crippen molar-refractivity contribution in [1.29, 1.82) is 0 Å². The first-order valence-corrected chi connectivity index (χ1v) is 4.55. The van der Waals surface area contributed by atoms with Gasteiger partial charge in [-0.05, 0) is 31.0 Å². The zero-order valence-electron chi connectivity index (χ0n) is 8.96. The van der Waals surface area contributed by atoms with Crippen LogP contribution in [0, 0.1) is 6.92 Å². The summed E-state index contributed by atoms with van der Waals surface area (Å²) in [5.41, 5.74) is 2.18. The Balaban J connectivity index is 3.24. The number of benzene rings is 1. The molecule has 0 radical (unpaired) electrons. The number of rotatable bonds is 4. The highest BCUT2D eigenvalue weighted by molar-refractivity contribution is 5.48. The van der Waals surface area contributed by atoms with Crippen molar-refractivity contribution in [3.8, 4) is 11.5 Å². The molecule has 0 N–H and O–H groups in total. The molecule has 1 rings (SSSR count). The topological polar surface area (TPSA) is 18.5 Å². The molecule has 2 heteroatoms. The molecule has 0 aliphatic heterocycles. The molecule has 0 aromatic heterocycles. The standard InChI is InChI=1S/C12H16O2/c1-5-6-10-11(13-3)7-9(2)8-12(10)14-4/h5,7-8H,1,6H2,2-4H3. The van der Waals surface area contributed by atoms with Crippen LogP contribution in [0.3, 0.4) is 0 Å². The van der Waals surface area contributed by atoms with E-state index in [1.165, 1.54) is 0 Å². The number of hydrogen-bond donors (Lipinski definition) is 0. The fourth-order valence-electron chi connectivity index (χ4n) is 1.46. The molecule has 1 aromatic carbocycles. The van der Waals surface area contributed by atoms with Gasteiger partial charge in [-0.25, -0.2) is 0 Å². The lowest BCUT2D eigenvalue weighted by Crippen LogP contribution is -1.96. The first kappa shape index (κ1) is 10.6. The highest BCUT2D eigenvalue weighted by Crippen LogP contribution is 2.30. The highest BCUT2D eigenvalue weighted by atomic mass is 16.5. The molecule has 0 aliphatic rings. The van der Waals surface area contributed by atoms with Gasteiger partial charge in [-0.1, -0.05) is 6.08 Å². The average Bonchev–Trinajstić information content (AvgIpc) is 2.20. The summed E-state index contributed by atoms with van der Waals surface area (Å²) in [7, 11) is 3.33. The molecule has 1 aromatic rings. The predicted molar refractivity (Wildman–Crippen MR) is 58.2 cm³/mol. The lowest BCUT2D eigenvalue weighted by molar-refractivity contribution is 0.386. The number of hydrogen-bond acceptors (Lipinski definition) is 2. The lowest BCUT2D eigenvalue weighted by Gasteiger charge is -2.12. The van der Waals surface area contributed by atoms with Crippen molar-refractivity contribution < 1.29 is 9.47 Å². The zero-order chi connectivity index (χ0) is 10.6. The van der Waals surface area contributed by atoms with E-state index in [9.17, 15) is 0 Å². The van der Waals surface area contributed by atoms with E-state index in [2.05, 4.69) is 6.58 Å². The van der Waals surface area contributed by atoms with Gasteiger partial charge in [-0.2, -0.15) is 0 Å². The van der Waals surface area contributed by atoms with E-state index < -0.39 is 0 Å². The van der Waals surface area contributed by atoms with Crippen LogP contribution in [0.4, 0.5) is 0 Å². The van der Waals surface area contributed by atoms with Crippen molar-refractivity contribution in [1.82, 2.24) is 0 Å². The number of aryl methyl sites for hydroxylation is 1. The molecule has 0 fully saturated rings. The van der Waals surface area contributed by atoms with Crippen molar-refractivity contribution >= 4 is 0 Å². The molecule has 0 saturated carbocycles. The fourth-order valence-corrected chi connectivity index (χ4v) is 1.46. The molecule has 0 atom stereocenters. The van der Waals surface area contributed by atoms with Crippen molar-refractivity contribution in [3.63, 3.8) is 0 Å². The maximum atomic E-state index is 5.29. The van der Waals surface area contributed by atoms with Gasteiger partial charge in [0.15, 0.2) is 0 Å². The molecular weight excluding hydrogens is 176 g/mol. The van der Waals surface area contributed by atoms with E-state index in [4.69, 9.17) is 9.47 Å². The van der Waals surface area contributed by atoms with Gasteiger partial charge < -0.3 is 9.47 Å². The summed E-state index contributed by atoms with van der Waals surface area (Å²) in [5.74, 6) is 1.73. The molecule has 0 bridgehead atoms. The Kier molecular flexibility index (Phi) is 3.57. The first-order chi connectivity index (χ1) is 6.72. The minimum Gasteiger partial charge on any atom is -0.496 e.